The van der Waals surface area contributed by atoms with E-state index in [1.807, 2.05) is 0 Å². The molecule has 0 aliphatic heterocycles. The Morgan fingerprint density at radius 1 is 1.00 bits per heavy atom. The smallest absolute Gasteiger partial charge is 0.129 e. The van der Waals surface area contributed by atoms with Crippen LogP contribution >= 0.6 is 12.6 Å². The van der Waals surface area contributed by atoms with E-state index in [0.29, 0.717) is 12.0 Å². The van der Waals surface area contributed by atoms with E-state index in [1.54, 1.807) is 0 Å². The van der Waals surface area contributed by atoms with Crippen LogP contribution in [-0.4, -0.2) is 5.75 Å². The minimum Gasteiger partial charge on any atom is -0.207 e. The van der Waals surface area contributed by atoms with E-state index in [-0.39, 0.29) is 0 Å². The molecule has 0 saturated heterocycles. The number of unbranched alkanes of at least 4 members (excludes halogenated alkanes) is 3. The van der Waals surface area contributed by atoms with Gasteiger partial charge in [0.1, 0.15) is 11.6 Å². The summed E-state index contributed by atoms with van der Waals surface area (Å²) in [7, 11) is 0. The number of halogens is 2. The third-order valence-electron chi connectivity index (χ3n) is 2.37. The molecule has 0 fully saturated rings. The molecule has 0 radical (unpaired) electrons. The van der Waals surface area contributed by atoms with E-state index in [4.69, 9.17) is 0 Å². The molecule has 0 saturated carbocycles. The summed E-state index contributed by atoms with van der Waals surface area (Å²) in [5, 5.41) is 0. The fraction of sp³-hybridized carbons (Fsp3) is 0.500. The predicted octanol–water partition coefficient (Wildman–Crippen LogP) is 4.00. The van der Waals surface area contributed by atoms with Gasteiger partial charge in [0, 0.05) is 6.07 Å². The van der Waals surface area contributed by atoms with Crippen LogP contribution < -0.4 is 0 Å². The zero-order chi connectivity index (χ0) is 11.1. The maximum atomic E-state index is 13.2. The Labute approximate surface area is 95.1 Å². The molecule has 0 N–H and O–H groups in total. The molecular formula is C12H16F2S. The molecule has 0 aromatic heterocycles. The Balaban J connectivity index is 2.31. The van der Waals surface area contributed by atoms with E-state index in [2.05, 4.69) is 12.6 Å². The largest absolute Gasteiger partial charge is 0.207 e. The lowest BCUT2D eigenvalue weighted by Crippen LogP contribution is -1.92. The first-order chi connectivity index (χ1) is 7.24. The lowest BCUT2D eigenvalue weighted by atomic mass is 10.1. The standard InChI is InChI=1S/C12H16F2S/c13-11-7-6-10(12(14)9-11)5-3-1-2-4-8-15/h6-7,9,15H,1-5,8H2. The van der Waals surface area contributed by atoms with Gasteiger partial charge in [-0.25, -0.2) is 8.78 Å². The Bertz CT molecular complexity index is 300. The van der Waals surface area contributed by atoms with E-state index < -0.39 is 11.6 Å². The summed E-state index contributed by atoms with van der Waals surface area (Å²) in [5.41, 5.74) is 0.613. The van der Waals surface area contributed by atoms with Crippen molar-refractivity contribution in [2.24, 2.45) is 0 Å². The summed E-state index contributed by atoms with van der Waals surface area (Å²) in [4.78, 5) is 0. The van der Waals surface area contributed by atoms with Crippen LogP contribution in [0, 0.1) is 11.6 Å². The first kappa shape index (κ1) is 12.5. The van der Waals surface area contributed by atoms with E-state index >= 15 is 0 Å². The highest BCUT2D eigenvalue weighted by Gasteiger charge is 2.02. The van der Waals surface area contributed by atoms with Gasteiger partial charge in [-0.3, -0.25) is 0 Å². The van der Waals surface area contributed by atoms with Crippen molar-refractivity contribution >= 4 is 12.6 Å². The number of hydrogen-bond donors (Lipinski definition) is 1. The molecule has 1 aromatic carbocycles. The Kier molecular flexibility index (Phi) is 5.69. The van der Waals surface area contributed by atoms with Crippen molar-refractivity contribution in [3.63, 3.8) is 0 Å². The van der Waals surface area contributed by atoms with Crippen LogP contribution in [-0.2, 0) is 6.42 Å². The molecule has 1 rings (SSSR count). The van der Waals surface area contributed by atoms with Crippen molar-refractivity contribution in [1.82, 2.24) is 0 Å². The average molecular weight is 230 g/mol. The minimum atomic E-state index is -0.508. The van der Waals surface area contributed by atoms with Gasteiger partial charge >= 0.3 is 0 Å². The number of thiol groups is 1. The zero-order valence-electron chi connectivity index (χ0n) is 8.68. The fourth-order valence-electron chi connectivity index (χ4n) is 1.51. The monoisotopic (exact) mass is 230 g/mol. The molecule has 0 aliphatic carbocycles. The molecule has 0 bridgehead atoms. The summed E-state index contributed by atoms with van der Waals surface area (Å²) in [5.74, 6) is -0.0271. The normalized spacial score (nSPS) is 10.6. The quantitative estimate of drug-likeness (QED) is 0.554. The molecule has 0 aliphatic rings. The molecule has 0 nitrogen and oxygen atoms in total. The first-order valence-electron chi connectivity index (χ1n) is 5.29. The van der Waals surface area contributed by atoms with Crippen LogP contribution in [0.1, 0.15) is 31.2 Å². The van der Waals surface area contributed by atoms with E-state index in [9.17, 15) is 8.78 Å². The van der Waals surface area contributed by atoms with Crippen molar-refractivity contribution in [1.29, 1.82) is 0 Å². The van der Waals surface area contributed by atoms with Gasteiger partial charge in [0.15, 0.2) is 0 Å². The molecule has 84 valence electrons. The number of rotatable bonds is 6. The van der Waals surface area contributed by atoms with Crippen LogP contribution in [0.2, 0.25) is 0 Å². The summed E-state index contributed by atoms with van der Waals surface area (Å²) < 4.78 is 25.8. The van der Waals surface area contributed by atoms with Gasteiger partial charge < -0.3 is 0 Å². The van der Waals surface area contributed by atoms with Crippen molar-refractivity contribution in [3.05, 3.63) is 35.4 Å². The van der Waals surface area contributed by atoms with Crippen LogP contribution in [0.5, 0.6) is 0 Å². The van der Waals surface area contributed by atoms with Crippen LogP contribution in [0.15, 0.2) is 18.2 Å². The number of hydrogen-bond acceptors (Lipinski definition) is 1. The summed E-state index contributed by atoms with van der Waals surface area (Å²) in [6.45, 7) is 0. The first-order valence-corrected chi connectivity index (χ1v) is 5.92. The van der Waals surface area contributed by atoms with Gasteiger partial charge in [0.2, 0.25) is 0 Å². The lowest BCUT2D eigenvalue weighted by Gasteiger charge is -2.03. The van der Waals surface area contributed by atoms with Gasteiger partial charge in [-0.1, -0.05) is 18.9 Å². The van der Waals surface area contributed by atoms with E-state index in [1.165, 1.54) is 12.1 Å². The SMILES string of the molecule is Fc1ccc(CCCCCCS)c(F)c1. The molecule has 3 heteroatoms. The van der Waals surface area contributed by atoms with Crippen LogP contribution in [0.3, 0.4) is 0 Å². The second kappa shape index (κ2) is 6.83. The summed E-state index contributed by atoms with van der Waals surface area (Å²) >= 11 is 4.12. The molecule has 0 spiro atoms. The van der Waals surface area contributed by atoms with Gasteiger partial charge in [-0.15, -0.1) is 0 Å². The molecule has 0 unspecified atom stereocenters. The second-order valence-electron chi connectivity index (χ2n) is 3.62. The maximum absolute atomic E-state index is 13.2. The van der Waals surface area contributed by atoms with Crippen molar-refractivity contribution in [2.45, 2.75) is 32.1 Å². The third-order valence-corrected chi connectivity index (χ3v) is 2.69. The average Bonchev–Trinajstić information content (AvgIpc) is 2.20. The third kappa shape index (κ3) is 4.65. The molecule has 15 heavy (non-hydrogen) atoms. The molecule has 0 heterocycles. The van der Waals surface area contributed by atoms with Crippen LogP contribution in [0.4, 0.5) is 8.78 Å². The fourth-order valence-corrected chi connectivity index (χ4v) is 1.73. The Morgan fingerprint density at radius 2 is 1.73 bits per heavy atom. The molecular weight excluding hydrogens is 214 g/mol. The lowest BCUT2D eigenvalue weighted by molar-refractivity contribution is 0.565. The van der Waals surface area contributed by atoms with E-state index in [0.717, 1.165) is 37.5 Å². The Morgan fingerprint density at radius 3 is 2.40 bits per heavy atom. The van der Waals surface area contributed by atoms with Crippen LogP contribution in [0.25, 0.3) is 0 Å². The number of benzene rings is 1. The highest BCUT2D eigenvalue weighted by molar-refractivity contribution is 7.80. The highest BCUT2D eigenvalue weighted by atomic mass is 32.1. The second-order valence-corrected chi connectivity index (χ2v) is 4.07. The maximum Gasteiger partial charge on any atom is 0.129 e. The molecule has 0 atom stereocenters. The summed E-state index contributed by atoms with van der Waals surface area (Å²) in [6, 6.07) is 3.79. The zero-order valence-corrected chi connectivity index (χ0v) is 9.57. The summed E-state index contributed by atoms with van der Waals surface area (Å²) in [6.07, 6.45) is 4.97. The van der Waals surface area contributed by atoms with Gasteiger partial charge in [-0.05, 0) is 36.6 Å². The van der Waals surface area contributed by atoms with Gasteiger partial charge in [-0.2, -0.15) is 12.6 Å². The minimum absolute atomic E-state index is 0.427. The Hall–Kier alpha value is -0.570. The molecule has 0 amide bonds. The number of aryl methyl sites for hydroxylation is 1. The van der Waals surface area contributed by atoms with Gasteiger partial charge in [0.25, 0.3) is 0 Å². The molecule has 1 aromatic rings. The topological polar surface area (TPSA) is 0 Å². The van der Waals surface area contributed by atoms with Gasteiger partial charge in [0.05, 0.1) is 0 Å². The predicted molar refractivity (Wildman–Crippen MR) is 62.4 cm³/mol. The highest BCUT2D eigenvalue weighted by Crippen LogP contribution is 2.13. The van der Waals surface area contributed by atoms with Crippen molar-refractivity contribution < 1.29 is 8.78 Å². The van der Waals surface area contributed by atoms with Crippen molar-refractivity contribution in [2.75, 3.05) is 5.75 Å². The van der Waals surface area contributed by atoms with Crippen molar-refractivity contribution in [3.8, 4) is 0 Å².